The zero-order chi connectivity index (χ0) is 19.0. The molecule has 3 aromatic rings. The normalized spacial score (nSPS) is 15.0. The zero-order valence-corrected chi connectivity index (χ0v) is 13.9. The number of nitrogens with one attached hydrogen (secondary N) is 1. The summed E-state index contributed by atoms with van der Waals surface area (Å²) >= 11 is 0. The Labute approximate surface area is 151 Å². The predicted octanol–water partition coefficient (Wildman–Crippen LogP) is 3.21. The van der Waals surface area contributed by atoms with E-state index in [2.05, 4.69) is 25.3 Å². The van der Waals surface area contributed by atoms with Gasteiger partial charge in [-0.05, 0) is 18.2 Å². The van der Waals surface area contributed by atoms with E-state index in [-0.39, 0.29) is 25.2 Å². The van der Waals surface area contributed by atoms with Gasteiger partial charge in [-0.15, -0.1) is 0 Å². The van der Waals surface area contributed by atoms with Gasteiger partial charge in [0.2, 0.25) is 5.95 Å². The van der Waals surface area contributed by atoms with Gasteiger partial charge in [-0.3, -0.25) is 4.98 Å². The second kappa shape index (κ2) is 6.60. The molecule has 0 radical (unpaired) electrons. The molecule has 0 aliphatic carbocycles. The molecule has 0 bridgehead atoms. The smallest absolute Gasteiger partial charge is 0.365 e. The summed E-state index contributed by atoms with van der Waals surface area (Å²) in [5, 5.41) is 3.49. The van der Waals surface area contributed by atoms with Crippen molar-refractivity contribution in [3.63, 3.8) is 0 Å². The molecule has 4 rings (SSSR count). The molecule has 1 aliphatic heterocycles. The third-order valence-corrected chi connectivity index (χ3v) is 4.19. The average Bonchev–Trinajstić information content (AvgIpc) is 2.63. The number of pyridine rings is 2. The largest absolute Gasteiger partial charge is 0.433 e. The van der Waals surface area contributed by atoms with E-state index >= 15 is 0 Å². The van der Waals surface area contributed by atoms with Crippen LogP contribution < -0.4 is 10.2 Å². The standard InChI is InChI=1S/C17H14F4N6/c18-11-8-27(9-11)16-25-14-12(4-2-6-23-14)15(26-16)24-7-10-3-1-5-22-13(10)17(19,20)21/h1-6,11H,7-9H2,(H,23,24,25,26). The van der Waals surface area contributed by atoms with Gasteiger partial charge in [-0.1, -0.05) is 6.07 Å². The number of fused-ring (bicyclic) bond motifs is 1. The second-order valence-electron chi connectivity index (χ2n) is 6.11. The Morgan fingerprint density at radius 2 is 1.81 bits per heavy atom. The molecule has 10 heteroatoms. The van der Waals surface area contributed by atoms with Crippen LogP contribution in [0, 0.1) is 0 Å². The van der Waals surface area contributed by atoms with Crippen molar-refractivity contribution in [2.24, 2.45) is 0 Å². The van der Waals surface area contributed by atoms with E-state index in [1.54, 1.807) is 23.2 Å². The highest BCUT2D eigenvalue weighted by atomic mass is 19.4. The zero-order valence-electron chi connectivity index (χ0n) is 13.9. The fourth-order valence-corrected chi connectivity index (χ4v) is 2.83. The lowest BCUT2D eigenvalue weighted by atomic mass is 10.2. The fraction of sp³-hybridized carbons (Fsp3) is 0.294. The summed E-state index contributed by atoms with van der Waals surface area (Å²) in [5.74, 6) is 0.627. The lowest BCUT2D eigenvalue weighted by Gasteiger charge is -2.34. The maximum absolute atomic E-state index is 13.2. The first-order valence-corrected chi connectivity index (χ1v) is 8.18. The van der Waals surface area contributed by atoms with Crippen LogP contribution in [0.2, 0.25) is 0 Å². The van der Waals surface area contributed by atoms with Gasteiger partial charge in [0, 0.05) is 24.5 Å². The van der Waals surface area contributed by atoms with Crippen molar-refractivity contribution in [3.8, 4) is 0 Å². The van der Waals surface area contributed by atoms with Crippen LogP contribution >= 0.6 is 0 Å². The van der Waals surface area contributed by atoms with Gasteiger partial charge in [0.25, 0.3) is 0 Å². The quantitative estimate of drug-likeness (QED) is 0.704. The van der Waals surface area contributed by atoms with Gasteiger partial charge in [-0.25, -0.2) is 9.37 Å². The Morgan fingerprint density at radius 3 is 2.56 bits per heavy atom. The lowest BCUT2D eigenvalue weighted by molar-refractivity contribution is -0.141. The third kappa shape index (κ3) is 3.46. The predicted molar refractivity (Wildman–Crippen MR) is 91.0 cm³/mol. The summed E-state index contributed by atoms with van der Waals surface area (Å²) in [6.07, 6.45) is -2.83. The maximum Gasteiger partial charge on any atom is 0.433 e. The summed E-state index contributed by atoms with van der Waals surface area (Å²) in [6.45, 7) is 0.228. The summed E-state index contributed by atoms with van der Waals surface area (Å²) in [6, 6.07) is 6.20. The third-order valence-electron chi connectivity index (χ3n) is 4.19. The molecule has 0 aromatic carbocycles. The van der Waals surface area contributed by atoms with E-state index in [9.17, 15) is 17.6 Å². The Morgan fingerprint density at radius 1 is 1.07 bits per heavy atom. The fourth-order valence-electron chi connectivity index (χ4n) is 2.83. The van der Waals surface area contributed by atoms with E-state index in [4.69, 9.17) is 0 Å². The van der Waals surface area contributed by atoms with Crippen LogP contribution in [0.4, 0.5) is 29.3 Å². The Hall–Kier alpha value is -3.04. The van der Waals surface area contributed by atoms with Crippen molar-refractivity contribution < 1.29 is 17.6 Å². The summed E-state index contributed by atoms with van der Waals surface area (Å²) in [5.41, 5.74) is -0.568. The number of anilines is 2. The van der Waals surface area contributed by atoms with E-state index in [0.717, 1.165) is 6.20 Å². The highest BCUT2D eigenvalue weighted by Gasteiger charge is 2.35. The van der Waals surface area contributed by atoms with Crippen molar-refractivity contribution in [1.82, 2.24) is 19.9 Å². The number of rotatable bonds is 4. The lowest BCUT2D eigenvalue weighted by Crippen LogP contribution is -2.49. The van der Waals surface area contributed by atoms with E-state index < -0.39 is 18.0 Å². The van der Waals surface area contributed by atoms with Crippen molar-refractivity contribution >= 4 is 22.8 Å². The molecular weight excluding hydrogens is 364 g/mol. The highest BCUT2D eigenvalue weighted by molar-refractivity contribution is 5.87. The molecule has 0 unspecified atom stereocenters. The van der Waals surface area contributed by atoms with Crippen molar-refractivity contribution in [1.29, 1.82) is 0 Å². The van der Waals surface area contributed by atoms with Gasteiger partial charge < -0.3 is 10.2 Å². The molecule has 1 N–H and O–H groups in total. The molecule has 0 spiro atoms. The first kappa shape index (κ1) is 17.4. The van der Waals surface area contributed by atoms with Crippen molar-refractivity contribution in [2.75, 3.05) is 23.3 Å². The molecule has 140 valence electrons. The topological polar surface area (TPSA) is 66.8 Å². The molecule has 6 nitrogen and oxygen atoms in total. The average molecular weight is 378 g/mol. The molecule has 0 saturated carbocycles. The van der Waals surface area contributed by atoms with Crippen LogP contribution in [0.5, 0.6) is 0 Å². The van der Waals surface area contributed by atoms with E-state index in [1.807, 2.05) is 0 Å². The highest BCUT2D eigenvalue weighted by Crippen LogP contribution is 2.31. The van der Waals surface area contributed by atoms with Crippen molar-refractivity contribution in [2.45, 2.75) is 18.9 Å². The van der Waals surface area contributed by atoms with Crippen LogP contribution in [-0.2, 0) is 12.7 Å². The SMILES string of the molecule is FC1CN(c2nc(NCc3cccnc3C(F)(F)F)c3cccnc3n2)C1. The first-order chi connectivity index (χ1) is 12.9. The maximum atomic E-state index is 13.2. The molecule has 27 heavy (non-hydrogen) atoms. The van der Waals surface area contributed by atoms with Gasteiger partial charge in [-0.2, -0.15) is 23.1 Å². The minimum absolute atomic E-state index is 0.00465. The Bertz CT molecular complexity index is 971. The monoisotopic (exact) mass is 378 g/mol. The number of hydrogen-bond acceptors (Lipinski definition) is 6. The van der Waals surface area contributed by atoms with Crippen LogP contribution in [0.15, 0.2) is 36.7 Å². The van der Waals surface area contributed by atoms with E-state index in [1.165, 1.54) is 12.1 Å². The van der Waals surface area contributed by atoms with E-state index in [0.29, 0.717) is 22.8 Å². The van der Waals surface area contributed by atoms with Crippen LogP contribution in [0.25, 0.3) is 11.0 Å². The number of aromatic nitrogens is 4. The molecule has 3 aromatic heterocycles. The van der Waals surface area contributed by atoms with Gasteiger partial charge in [0.1, 0.15) is 17.7 Å². The van der Waals surface area contributed by atoms with Gasteiger partial charge >= 0.3 is 6.18 Å². The summed E-state index contributed by atoms with van der Waals surface area (Å²) in [4.78, 5) is 17.9. The molecule has 0 amide bonds. The van der Waals surface area contributed by atoms with Crippen LogP contribution in [0.1, 0.15) is 11.3 Å². The van der Waals surface area contributed by atoms with Gasteiger partial charge in [0.05, 0.1) is 18.5 Å². The van der Waals surface area contributed by atoms with Crippen LogP contribution in [-0.4, -0.2) is 39.2 Å². The number of hydrogen-bond donors (Lipinski definition) is 1. The molecule has 1 aliphatic rings. The van der Waals surface area contributed by atoms with Crippen LogP contribution in [0.3, 0.4) is 0 Å². The number of halogens is 4. The molecule has 1 fully saturated rings. The Kier molecular flexibility index (Phi) is 4.25. The van der Waals surface area contributed by atoms with Gasteiger partial charge in [0.15, 0.2) is 5.65 Å². The minimum atomic E-state index is -4.55. The number of nitrogens with zero attached hydrogens (tertiary/aromatic N) is 5. The molecule has 1 saturated heterocycles. The summed E-state index contributed by atoms with van der Waals surface area (Å²) < 4.78 is 52.5. The first-order valence-electron chi connectivity index (χ1n) is 8.18. The molecule has 0 atom stereocenters. The molecular formula is C17H14F4N6. The molecule has 4 heterocycles. The Balaban J connectivity index is 1.66. The minimum Gasteiger partial charge on any atom is -0.365 e. The van der Waals surface area contributed by atoms with Crippen molar-refractivity contribution in [3.05, 3.63) is 47.9 Å². The summed E-state index contributed by atoms with van der Waals surface area (Å²) in [7, 11) is 0. The number of alkyl halides is 4. The second-order valence-corrected chi connectivity index (χ2v) is 6.11.